The number of hydrogen-bond acceptors (Lipinski definition) is 0. The molecule has 0 saturated carbocycles. The number of alkyl halides is 8. The first kappa shape index (κ1) is 56.4. The van der Waals surface area contributed by atoms with E-state index in [4.69, 9.17) is 0 Å². The highest BCUT2D eigenvalue weighted by molar-refractivity contribution is 15.0. The molecule has 0 saturated heterocycles. The first-order valence-electron chi connectivity index (χ1n) is 4.36. The van der Waals surface area contributed by atoms with Crippen LogP contribution in [0, 0.1) is 0 Å². The molecule has 0 aromatic rings. The Kier molecular flexibility index (Phi) is 549. The maximum atomic E-state index is 2.29. The minimum atomic E-state index is 1.22. The van der Waals surface area contributed by atoms with E-state index >= 15 is 0 Å². The zero-order chi connectivity index (χ0) is 19.4. The van der Waals surface area contributed by atoms with Gasteiger partial charge in [0.2, 0.25) is 0 Å². The highest BCUT2D eigenvalue weighted by Gasteiger charge is 1.38. The molecular weight excluding hydrogens is 1390 g/mol. The molecule has 0 spiro atoms. The first-order chi connectivity index (χ1) is 9.83. The smallest absolute Gasteiger partial charge is 0 e. The quantitative estimate of drug-likeness (QED) is 0.168. The van der Waals surface area contributed by atoms with Gasteiger partial charge in [-0.25, -0.2) is 0 Å². The summed E-state index contributed by atoms with van der Waals surface area (Å²) in [6.45, 7) is 4.22. The van der Waals surface area contributed by atoms with E-state index in [2.05, 4.69) is 232 Å². The van der Waals surface area contributed by atoms with Crippen LogP contribution in [0.2, 0.25) is 0 Å². The van der Waals surface area contributed by atoms with Gasteiger partial charge in [-0.05, 0) is 38.4 Å². The van der Waals surface area contributed by atoms with Crippen LogP contribution < -0.4 is 0 Å². The molecule has 0 amide bonds. The predicted octanol–water partition coefficient (Wildman–Crippen LogP) is 11.0. The minimum absolute atomic E-state index is 1.22. The molecule has 0 aromatic heterocycles. The molecule has 0 unspecified atom stereocenters. The maximum Gasteiger partial charge on any atom is 0 e. The summed E-state index contributed by atoms with van der Waals surface area (Å²) in [7, 11) is 0. The van der Waals surface area contributed by atoms with E-state index in [1.807, 2.05) is 29.6 Å². The van der Waals surface area contributed by atoms with Gasteiger partial charge in [0.15, 0.2) is 0 Å². The van der Waals surface area contributed by atoms with Crippen LogP contribution in [0.15, 0.2) is 0 Å². The highest BCUT2D eigenvalue weighted by Crippen LogP contribution is 1.89. The van der Waals surface area contributed by atoms with Crippen molar-refractivity contribution in [3.05, 3.63) is 0 Å². The number of rotatable bonds is 0. The van der Waals surface area contributed by atoms with Gasteiger partial charge in [0.1, 0.15) is 0 Å². The third-order valence-corrected chi connectivity index (χ3v) is 0. The second-order valence-corrected chi connectivity index (χ2v) is 3.59. The zero-order valence-electron chi connectivity index (χ0n) is 13.2. The second kappa shape index (κ2) is 195. The van der Waals surface area contributed by atoms with Gasteiger partial charge in [0, 0.05) is 37.2 Å². The number of halogens is 10. The summed E-state index contributed by atoms with van der Waals surface area (Å²) >= 11 is 21.7. The average Bonchev–Trinajstić information content (AvgIpc) is 2.61. The molecule has 0 aliphatic carbocycles. The van der Waals surface area contributed by atoms with Gasteiger partial charge in [-0.15, -0.1) is 0 Å². The average molecular weight is 1420 g/mol. The van der Waals surface area contributed by atoms with Crippen LogP contribution >= 0.6 is 218 Å². The van der Waals surface area contributed by atoms with Crippen molar-refractivity contribution in [3.63, 3.8) is 0 Å². The van der Waals surface area contributed by atoms with Gasteiger partial charge in [-0.1, -0.05) is 195 Å². The molecule has 0 fully saturated rings. The lowest BCUT2D eigenvalue weighted by molar-refractivity contribution is 1.58. The Morgan fingerprint density at radius 3 is 0.400 bits per heavy atom. The van der Waals surface area contributed by atoms with Gasteiger partial charge in [-0.3, -0.25) is 0 Å². The van der Waals surface area contributed by atoms with Gasteiger partial charge in [0.25, 0.3) is 0 Å². The fourth-order valence-electron chi connectivity index (χ4n) is 0. The van der Waals surface area contributed by atoms with Crippen LogP contribution in [0.1, 0.15) is 13.8 Å². The van der Waals surface area contributed by atoms with Crippen LogP contribution in [0.4, 0.5) is 0 Å². The van der Waals surface area contributed by atoms with Crippen molar-refractivity contribution in [1.82, 2.24) is 0 Å². The predicted molar refractivity (Wildman–Crippen MR) is 197 cm³/mol. The maximum absolute atomic E-state index is 2.29. The second-order valence-electron chi connectivity index (χ2n) is 0.535. The minimum Gasteiger partial charge on any atom is -0.0901 e. The summed E-state index contributed by atoms with van der Waals surface area (Å²) in [5, 5.41) is 0. The molecule has 20 heavy (non-hydrogen) atoms. The van der Waals surface area contributed by atoms with Crippen LogP contribution in [-0.2, 0) is 0 Å². The van der Waals surface area contributed by atoms with Crippen molar-refractivity contribution in [1.29, 1.82) is 0 Å². The molecule has 0 rings (SSSR count). The Balaban J connectivity index is -0.00000000981. The molecule has 0 N–H and O–H groups in total. The molecule has 0 bridgehead atoms. The number of hydrogen-bond donors (Lipinski definition) is 0. The summed E-state index contributed by atoms with van der Waals surface area (Å²) in [5.74, 6) is 0. The Morgan fingerprint density at radius 2 is 0.400 bits per heavy atom. The van der Waals surface area contributed by atoms with E-state index in [0.29, 0.717) is 0 Å². The van der Waals surface area contributed by atoms with Crippen molar-refractivity contribution in [3.8, 4) is 0 Å². The summed E-state index contributed by atoms with van der Waals surface area (Å²) in [5.41, 5.74) is 0. The van der Waals surface area contributed by atoms with E-state index in [0.717, 1.165) is 0 Å². The van der Waals surface area contributed by atoms with Gasteiger partial charge < -0.3 is 0 Å². The molecule has 0 atom stereocenters. The molecule has 0 aliphatic rings. The third kappa shape index (κ3) is 280. The molecule has 0 aliphatic heterocycles. The summed E-state index contributed by atoms with van der Waals surface area (Å²) < 4.78 is 2.44. The summed E-state index contributed by atoms with van der Waals surface area (Å²) in [6.07, 6.45) is 0. The van der Waals surface area contributed by atoms with E-state index in [-0.39, 0.29) is 0 Å². The van der Waals surface area contributed by atoms with Crippen LogP contribution in [0.5, 0.6) is 0 Å². The molecular formula is C10H28I10. The monoisotopic (exact) mass is 1420 g/mol. The summed E-state index contributed by atoms with van der Waals surface area (Å²) in [4.78, 5) is 11.8. The Labute approximate surface area is 263 Å². The molecule has 138 valence electrons. The van der Waals surface area contributed by atoms with Crippen LogP contribution in [0.25, 0.3) is 0 Å². The van der Waals surface area contributed by atoms with Crippen molar-refractivity contribution >= 4 is 218 Å². The lowest BCUT2D eigenvalue weighted by Crippen LogP contribution is -1.33. The third-order valence-electron chi connectivity index (χ3n) is 0. The van der Waals surface area contributed by atoms with Crippen molar-refractivity contribution < 1.29 is 0 Å². The van der Waals surface area contributed by atoms with Gasteiger partial charge in [0.05, 0.1) is 0 Å². The molecule has 0 nitrogen and oxygen atoms in total. The fraction of sp³-hybridized carbons (Fsp3) is 1.00. The highest BCUT2D eigenvalue weighted by atomic mass is 128. The SMILES string of the molecule is CCI.CCI.CI.CI.CI.CI.CI.CI.II. The largest absolute Gasteiger partial charge is 0.0901 e. The van der Waals surface area contributed by atoms with Crippen LogP contribution in [0.3, 0.4) is 0 Å². The van der Waals surface area contributed by atoms with Gasteiger partial charge >= 0.3 is 0 Å². The summed E-state index contributed by atoms with van der Waals surface area (Å²) in [6, 6.07) is 0. The standard InChI is InChI=1S/2C2H5I.6CH3I.I2/c2*1-2-3;7*1-2/h2*2H2,1H3;6*1H3;. The first-order valence-corrected chi connectivity index (χ1v) is 26.6. The fourth-order valence-corrected chi connectivity index (χ4v) is 0. The normalized spacial score (nSPS) is 3.90. The van der Waals surface area contributed by atoms with E-state index in [1.165, 1.54) is 8.86 Å². The molecule has 0 heterocycles. The van der Waals surface area contributed by atoms with Crippen molar-refractivity contribution in [2.75, 3.05) is 38.4 Å². The molecule has 0 aromatic carbocycles. The molecule has 10 heteroatoms. The van der Waals surface area contributed by atoms with Gasteiger partial charge in [-0.2, -0.15) is 0 Å². The van der Waals surface area contributed by atoms with Crippen LogP contribution in [-0.4, -0.2) is 38.4 Å². The van der Waals surface area contributed by atoms with E-state index < -0.39 is 0 Å². The lowest BCUT2D eigenvalue weighted by atomic mass is 11.0. The zero-order valence-corrected chi connectivity index (χ0v) is 34.8. The topological polar surface area (TPSA) is 0 Å². The Bertz CT molecular complexity index is 22.0. The van der Waals surface area contributed by atoms with Crippen molar-refractivity contribution in [2.24, 2.45) is 0 Å². The van der Waals surface area contributed by atoms with E-state index in [9.17, 15) is 0 Å². The molecule has 0 radical (unpaired) electrons. The lowest BCUT2D eigenvalue weighted by Gasteiger charge is -1.45. The Hall–Kier alpha value is 7.30. The van der Waals surface area contributed by atoms with E-state index in [1.54, 1.807) is 0 Å². The Morgan fingerprint density at radius 1 is 0.400 bits per heavy atom. The van der Waals surface area contributed by atoms with Crippen molar-refractivity contribution in [2.45, 2.75) is 13.8 Å².